The standard InChI is InChI=1S/C27H37NO3/c1-4-30-26(29)21-11-15-28(16-12-21)19-20-5-6-23-18-25(8-7-22(23)17-20)31-24-9-13-27(2,3)14-10-24/h5-8,17-18,21,24H,4,9-16,19H2,1-3H3. The monoisotopic (exact) mass is 423 g/mol. The third kappa shape index (κ3) is 5.79. The minimum Gasteiger partial charge on any atom is -0.490 e. The fourth-order valence-corrected chi connectivity index (χ4v) is 4.97. The second-order valence-electron chi connectivity index (χ2n) is 10.1. The minimum absolute atomic E-state index is 0.0252. The van der Waals surface area contributed by atoms with Gasteiger partial charge in [-0.25, -0.2) is 0 Å². The highest BCUT2D eigenvalue weighted by atomic mass is 16.5. The van der Waals surface area contributed by atoms with Gasteiger partial charge >= 0.3 is 5.97 Å². The molecule has 4 nitrogen and oxygen atoms in total. The Hall–Kier alpha value is -2.07. The van der Waals surface area contributed by atoms with Gasteiger partial charge in [-0.05, 0) is 98.5 Å². The Morgan fingerprint density at radius 3 is 2.39 bits per heavy atom. The molecule has 0 N–H and O–H groups in total. The summed E-state index contributed by atoms with van der Waals surface area (Å²) in [4.78, 5) is 14.4. The van der Waals surface area contributed by atoms with E-state index in [0.717, 1.165) is 51.1 Å². The van der Waals surface area contributed by atoms with Gasteiger partial charge in [0.2, 0.25) is 0 Å². The molecule has 0 radical (unpaired) electrons. The number of carbonyl (C=O) groups is 1. The molecule has 0 spiro atoms. The number of carbonyl (C=O) groups excluding carboxylic acids is 1. The average Bonchev–Trinajstić information content (AvgIpc) is 2.76. The highest BCUT2D eigenvalue weighted by Gasteiger charge is 2.28. The van der Waals surface area contributed by atoms with Crippen LogP contribution in [0.2, 0.25) is 0 Å². The number of likely N-dealkylation sites (tertiary alicyclic amines) is 1. The maximum Gasteiger partial charge on any atom is 0.309 e. The Bertz CT molecular complexity index is 888. The van der Waals surface area contributed by atoms with Crippen LogP contribution < -0.4 is 4.74 Å². The van der Waals surface area contributed by atoms with Gasteiger partial charge in [0, 0.05) is 6.54 Å². The lowest BCUT2D eigenvalue weighted by atomic mass is 9.76. The van der Waals surface area contributed by atoms with Crippen LogP contribution in [-0.4, -0.2) is 36.7 Å². The van der Waals surface area contributed by atoms with Crippen molar-refractivity contribution in [3.63, 3.8) is 0 Å². The third-order valence-electron chi connectivity index (χ3n) is 7.08. The molecule has 0 unspecified atom stereocenters. The molecule has 2 aliphatic rings. The van der Waals surface area contributed by atoms with E-state index < -0.39 is 0 Å². The molecule has 2 aromatic rings. The van der Waals surface area contributed by atoms with Gasteiger partial charge in [0.1, 0.15) is 5.75 Å². The Balaban J connectivity index is 1.33. The van der Waals surface area contributed by atoms with E-state index in [9.17, 15) is 4.79 Å². The van der Waals surface area contributed by atoms with E-state index in [2.05, 4.69) is 55.1 Å². The first kappa shape index (κ1) is 22.1. The summed E-state index contributed by atoms with van der Waals surface area (Å²) >= 11 is 0. The summed E-state index contributed by atoms with van der Waals surface area (Å²) in [6.07, 6.45) is 6.92. The molecule has 4 heteroatoms. The summed E-state index contributed by atoms with van der Waals surface area (Å²) in [5.74, 6) is 1.04. The van der Waals surface area contributed by atoms with Crippen molar-refractivity contribution in [2.75, 3.05) is 19.7 Å². The Morgan fingerprint density at radius 1 is 1.00 bits per heavy atom. The molecule has 1 aliphatic carbocycles. The van der Waals surface area contributed by atoms with E-state index in [4.69, 9.17) is 9.47 Å². The summed E-state index contributed by atoms with van der Waals surface area (Å²) in [5, 5.41) is 2.49. The Labute approximate surface area is 186 Å². The summed E-state index contributed by atoms with van der Waals surface area (Å²) in [5.41, 5.74) is 1.79. The number of piperidine rings is 1. The number of rotatable bonds is 6. The van der Waals surface area contributed by atoms with Crippen molar-refractivity contribution >= 4 is 16.7 Å². The van der Waals surface area contributed by atoms with Crippen molar-refractivity contribution in [3.05, 3.63) is 42.0 Å². The van der Waals surface area contributed by atoms with Crippen LogP contribution in [0.15, 0.2) is 36.4 Å². The van der Waals surface area contributed by atoms with E-state index in [1.807, 2.05) is 6.92 Å². The zero-order valence-corrected chi connectivity index (χ0v) is 19.4. The van der Waals surface area contributed by atoms with Crippen molar-refractivity contribution < 1.29 is 14.3 Å². The number of benzene rings is 2. The molecule has 4 rings (SSSR count). The second-order valence-corrected chi connectivity index (χ2v) is 10.1. The van der Waals surface area contributed by atoms with E-state index in [1.165, 1.54) is 29.2 Å². The molecular weight excluding hydrogens is 386 g/mol. The predicted octanol–water partition coefficient (Wildman–Crippen LogP) is 5.96. The minimum atomic E-state index is -0.0252. The lowest BCUT2D eigenvalue weighted by molar-refractivity contribution is -0.149. The van der Waals surface area contributed by atoms with E-state index in [1.54, 1.807) is 0 Å². The predicted molar refractivity (Wildman–Crippen MR) is 125 cm³/mol. The van der Waals surface area contributed by atoms with E-state index in [0.29, 0.717) is 18.1 Å². The summed E-state index contributed by atoms with van der Waals surface area (Å²) in [6, 6.07) is 13.2. The highest BCUT2D eigenvalue weighted by Crippen LogP contribution is 2.37. The molecule has 1 aliphatic heterocycles. The second kappa shape index (κ2) is 9.60. The first-order chi connectivity index (χ1) is 14.9. The lowest BCUT2D eigenvalue weighted by Crippen LogP contribution is -2.36. The van der Waals surface area contributed by atoms with Crippen LogP contribution in [0.3, 0.4) is 0 Å². The van der Waals surface area contributed by atoms with Gasteiger partial charge in [0.05, 0.1) is 18.6 Å². The number of hydrogen-bond acceptors (Lipinski definition) is 4. The number of ether oxygens (including phenoxy) is 2. The van der Waals surface area contributed by atoms with Gasteiger partial charge in [0.15, 0.2) is 0 Å². The molecule has 0 atom stereocenters. The number of esters is 1. The summed E-state index contributed by atoms with van der Waals surface area (Å²) in [6.45, 7) is 9.90. The molecule has 0 bridgehead atoms. The number of hydrogen-bond donors (Lipinski definition) is 0. The topological polar surface area (TPSA) is 38.8 Å². The van der Waals surface area contributed by atoms with Gasteiger partial charge in [0.25, 0.3) is 0 Å². The van der Waals surface area contributed by atoms with Gasteiger partial charge in [-0.1, -0.05) is 32.0 Å². The first-order valence-electron chi connectivity index (χ1n) is 12.0. The molecule has 0 amide bonds. The molecule has 1 saturated heterocycles. The fourth-order valence-electron chi connectivity index (χ4n) is 4.97. The largest absolute Gasteiger partial charge is 0.490 e. The smallest absolute Gasteiger partial charge is 0.309 e. The SMILES string of the molecule is CCOC(=O)C1CCN(Cc2ccc3cc(OC4CCC(C)(C)CC4)ccc3c2)CC1. The maximum atomic E-state index is 11.9. The highest BCUT2D eigenvalue weighted by molar-refractivity contribution is 5.84. The molecule has 31 heavy (non-hydrogen) atoms. The lowest BCUT2D eigenvalue weighted by Gasteiger charge is -2.34. The Kier molecular flexibility index (Phi) is 6.86. The summed E-state index contributed by atoms with van der Waals surface area (Å²) in [7, 11) is 0. The van der Waals surface area contributed by atoms with E-state index >= 15 is 0 Å². The maximum absolute atomic E-state index is 11.9. The zero-order valence-electron chi connectivity index (χ0n) is 19.4. The molecule has 1 heterocycles. The first-order valence-corrected chi connectivity index (χ1v) is 12.0. The molecular formula is C27H37NO3. The van der Waals surface area contributed by atoms with Gasteiger partial charge in [-0.15, -0.1) is 0 Å². The van der Waals surface area contributed by atoms with Crippen LogP contribution in [0.4, 0.5) is 0 Å². The van der Waals surface area contributed by atoms with Crippen LogP contribution in [-0.2, 0) is 16.1 Å². The molecule has 2 fully saturated rings. The van der Waals surface area contributed by atoms with Gasteiger partial charge in [-0.3, -0.25) is 9.69 Å². The number of nitrogens with zero attached hydrogens (tertiary/aromatic N) is 1. The molecule has 168 valence electrons. The fraction of sp³-hybridized carbons (Fsp3) is 0.593. The third-order valence-corrected chi connectivity index (χ3v) is 7.08. The normalized spacial score (nSPS) is 20.6. The van der Waals surface area contributed by atoms with E-state index in [-0.39, 0.29) is 11.9 Å². The van der Waals surface area contributed by atoms with Crippen LogP contribution in [0.1, 0.15) is 64.9 Å². The van der Waals surface area contributed by atoms with Crippen LogP contribution in [0, 0.1) is 11.3 Å². The summed E-state index contributed by atoms with van der Waals surface area (Å²) < 4.78 is 11.5. The van der Waals surface area contributed by atoms with Crippen molar-refractivity contribution in [2.45, 2.75) is 71.9 Å². The average molecular weight is 424 g/mol. The van der Waals surface area contributed by atoms with Crippen LogP contribution >= 0.6 is 0 Å². The quantitative estimate of drug-likeness (QED) is 0.537. The van der Waals surface area contributed by atoms with Crippen molar-refractivity contribution in [1.82, 2.24) is 4.90 Å². The Morgan fingerprint density at radius 2 is 1.68 bits per heavy atom. The van der Waals surface area contributed by atoms with Crippen molar-refractivity contribution in [2.24, 2.45) is 11.3 Å². The molecule has 2 aromatic carbocycles. The molecule has 1 saturated carbocycles. The van der Waals surface area contributed by atoms with Gasteiger partial charge < -0.3 is 9.47 Å². The van der Waals surface area contributed by atoms with Crippen LogP contribution in [0.5, 0.6) is 5.75 Å². The van der Waals surface area contributed by atoms with Crippen LogP contribution in [0.25, 0.3) is 10.8 Å². The van der Waals surface area contributed by atoms with Crippen molar-refractivity contribution in [1.29, 1.82) is 0 Å². The molecule has 0 aromatic heterocycles. The number of fused-ring (bicyclic) bond motifs is 1. The zero-order chi connectivity index (χ0) is 21.8. The van der Waals surface area contributed by atoms with Crippen molar-refractivity contribution in [3.8, 4) is 5.75 Å². The van der Waals surface area contributed by atoms with Gasteiger partial charge in [-0.2, -0.15) is 0 Å².